The highest BCUT2D eigenvalue weighted by atomic mass is 32.2. The summed E-state index contributed by atoms with van der Waals surface area (Å²) in [5.41, 5.74) is 0.695. The zero-order valence-corrected chi connectivity index (χ0v) is 18.6. The van der Waals surface area contributed by atoms with Crippen molar-refractivity contribution in [2.24, 2.45) is 0 Å². The molecule has 0 amide bonds. The van der Waals surface area contributed by atoms with Gasteiger partial charge in [0.25, 0.3) is 17.2 Å². The first-order valence-corrected chi connectivity index (χ1v) is 10.7. The Bertz CT molecular complexity index is 1390. The number of carbonyl (C=O) groups excluding carboxylic acids is 1. The lowest BCUT2D eigenvalue weighted by atomic mass is 10.2. The molecule has 0 aliphatic carbocycles. The number of para-hydroxylation sites is 2. The van der Waals surface area contributed by atoms with Crippen LogP contribution in [-0.4, -0.2) is 27.3 Å². The van der Waals surface area contributed by atoms with Crippen molar-refractivity contribution in [2.75, 3.05) is 7.11 Å². The van der Waals surface area contributed by atoms with Crippen LogP contribution in [0.5, 0.6) is 5.75 Å². The number of methoxy groups -OCH3 is 1. The number of nitro benzene ring substituents is 1. The van der Waals surface area contributed by atoms with Gasteiger partial charge in [0.05, 0.1) is 28.3 Å². The Labute approximate surface area is 193 Å². The van der Waals surface area contributed by atoms with E-state index in [2.05, 4.69) is 0 Å². The van der Waals surface area contributed by atoms with Crippen LogP contribution in [0.3, 0.4) is 0 Å². The molecule has 0 saturated carbocycles. The Morgan fingerprint density at radius 3 is 2.24 bits per heavy atom. The average Bonchev–Trinajstić information content (AvgIpc) is 3.09. The van der Waals surface area contributed by atoms with Gasteiger partial charge in [-0.25, -0.2) is 9.36 Å². The second-order valence-electron chi connectivity index (χ2n) is 7.04. The number of ether oxygens (including phenoxy) is 1. The summed E-state index contributed by atoms with van der Waals surface area (Å²) in [6, 6.07) is 21.5. The molecule has 0 N–H and O–H groups in total. The van der Waals surface area contributed by atoms with Gasteiger partial charge in [-0.1, -0.05) is 42.1 Å². The minimum absolute atomic E-state index is 0.109. The number of carbonyl (C=O) groups is 1. The molecule has 4 rings (SSSR count). The van der Waals surface area contributed by atoms with Crippen molar-refractivity contribution < 1.29 is 14.5 Å². The lowest BCUT2D eigenvalue weighted by molar-refractivity contribution is -0.387. The zero-order valence-electron chi connectivity index (χ0n) is 17.8. The van der Waals surface area contributed by atoms with Crippen LogP contribution in [0, 0.1) is 17.0 Å². The molecular weight excluding hydrogens is 442 g/mol. The molecule has 0 spiro atoms. The van der Waals surface area contributed by atoms with Gasteiger partial charge in [-0.05, 0) is 49.4 Å². The Balaban J connectivity index is 1.90. The molecule has 8 nitrogen and oxygen atoms in total. The van der Waals surface area contributed by atoms with Gasteiger partial charge in [-0.15, -0.1) is 0 Å². The molecule has 0 aliphatic rings. The van der Waals surface area contributed by atoms with E-state index < -0.39 is 16.4 Å². The van der Waals surface area contributed by atoms with E-state index in [1.54, 1.807) is 73.7 Å². The highest BCUT2D eigenvalue weighted by Gasteiger charge is 2.26. The molecule has 0 aliphatic heterocycles. The molecule has 0 fully saturated rings. The van der Waals surface area contributed by atoms with E-state index >= 15 is 0 Å². The summed E-state index contributed by atoms with van der Waals surface area (Å²) in [6.07, 6.45) is 0. The third-order valence-corrected chi connectivity index (χ3v) is 6.28. The fourth-order valence-electron chi connectivity index (χ4n) is 3.41. The predicted molar refractivity (Wildman–Crippen MR) is 125 cm³/mol. The topological polar surface area (TPSA) is 96.4 Å². The van der Waals surface area contributed by atoms with Gasteiger partial charge in [0, 0.05) is 11.6 Å². The van der Waals surface area contributed by atoms with Crippen LogP contribution in [0.15, 0.2) is 93.4 Å². The molecule has 3 aromatic carbocycles. The van der Waals surface area contributed by atoms with E-state index in [0.29, 0.717) is 27.6 Å². The van der Waals surface area contributed by atoms with E-state index in [0.717, 1.165) is 11.8 Å². The van der Waals surface area contributed by atoms with Crippen molar-refractivity contribution in [3.05, 3.63) is 111 Å². The lowest BCUT2D eigenvalue weighted by Gasteiger charge is -2.12. The number of aromatic nitrogens is 2. The number of benzene rings is 3. The Morgan fingerprint density at radius 1 is 0.970 bits per heavy atom. The van der Waals surface area contributed by atoms with Gasteiger partial charge in [-0.3, -0.25) is 19.7 Å². The third kappa shape index (κ3) is 4.18. The highest BCUT2D eigenvalue weighted by molar-refractivity contribution is 7.99. The maximum atomic E-state index is 13.5. The van der Waals surface area contributed by atoms with Crippen molar-refractivity contribution in [3.63, 3.8) is 0 Å². The van der Waals surface area contributed by atoms with E-state index in [4.69, 9.17) is 4.74 Å². The fraction of sp³-hybridized carbons (Fsp3) is 0.0833. The van der Waals surface area contributed by atoms with Crippen LogP contribution in [0.1, 0.15) is 16.1 Å². The Morgan fingerprint density at radius 2 is 1.61 bits per heavy atom. The summed E-state index contributed by atoms with van der Waals surface area (Å²) in [7, 11) is 1.53. The van der Waals surface area contributed by atoms with Crippen LogP contribution >= 0.6 is 11.8 Å². The molecule has 0 atom stereocenters. The normalized spacial score (nSPS) is 10.7. The average molecular weight is 461 g/mol. The number of hydrogen-bond donors (Lipinski definition) is 0. The van der Waals surface area contributed by atoms with E-state index in [9.17, 15) is 19.7 Å². The van der Waals surface area contributed by atoms with Gasteiger partial charge < -0.3 is 4.74 Å². The third-order valence-electron chi connectivity index (χ3n) is 5.04. The number of nitrogens with zero attached hydrogens (tertiary/aromatic N) is 3. The summed E-state index contributed by atoms with van der Waals surface area (Å²) in [6.45, 7) is 1.65. The molecule has 0 unspecified atom stereocenters. The maximum Gasteiger partial charge on any atom is 0.286 e. The summed E-state index contributed by atoms with van der Waals surface area (Å²) in [5, 5.41) is 11.5. The van der Waals surface area contributed by atoms with Gasteiger partial charge in [0.2, 0.25) is 0 Å². The van der Waals surface area contributed by atoms with E-state index in [-0.39, 0.29) is 10.6 Å². The Kier molecular flexibility index (Phi) is 6.14. The van der Waals surface area contributed by atoms with Crippen molar-refractivity contribution in [1.29, 1.82) is 0 Å². The van der Waals surface area contributed by atoms with Gasteiger partial charge in [0.1, 0.15) is 10.6 Å². The molecule has 1 heterocycles. The monoisotopic (exact) mass is 461 g/mol. The molecule has 0 radical (unpaired) electrons. The van der Waals surface area contributed by atoms with Gasteiger partial charge in [-0.2, -0.15) is 0 Å². The second-order valence-corrected chi connectivity index (χ2v) is 8.09. The van der Waals surface area contributed by atoms with Crippen molar-refractivity contribution in [2.45, 2.75) is 16.7 Å². The van der Waals surface area contributed by atoms with Crippen LogP contribution in [0.25, 0.3) is 5.69 Å². The summed E-state index contributed by atoms with van der Waals surface area (Å²) < 4.78 is 7.75. The first-order valence-electron chi connectivity index (χ1n) is 9.92. The van der Waals surface area contributed by atoms with Crippen molar-refractivity contribution >= 4 is 23.4 Å². The minimum Gasteiger partial charge on any atom is -0.497 e. The fourth-order valence-corrected chi connectivity index (χ4v) is 4.43. The lowest BCUT2D eigenvalue weighted by Crippen LogP contribution is -2.27. The summed E-state index contributed by atoms with van der Waals surface area (Å²) in [4.78, 5) is 38.5. The number of rotatable bonds is 6. The SMILES string of the molecule is COc1ccc(C(=O)n2c(C)c(Sc3ccccc3[N+](=O)[O-])c(=O)n2-c2ccccc2)cc1. The molecule has 1 aromatic heterocycles. The van der Waals surface area contributed by atoms with E-state index in [1.807, 2.05) is 6.07 Å². The Hall–Kier alpha value is -4.11. The molecule has 4 aromatic rings. The van der Waals surface area contributed by atoms with Gasteiger partial charge in [0.15, 0.2) is 0 Å². The predicted octanol–water partition coefficient (Wildman–Crippen LogP) is 4.70. The van der Waals surface area contributed by atoms with Crippen LogP contribution in [0.4, 0.5) is 5.69 Å². The molecule has 9 heteroatoms. The second kappa shape index (κ2) is 9.17. The van der Waals surface area contributed by atoms with Crippen LogP contribution in [-0.2, 0) is 0 Å². The standard InChI is InChI=1S/C24H19N3O5S/c1-16-22(33-21-11-7-6-10-20(21)27(30)31)24(29)26(18-8-4-3-5-9-18)25(16)23(28)17-12-14-19(32-2)15-13-17/h3-15H,1-2H3. The highest BCUT2D eigenvalue weighted by Crippen LogP contribution is 2.35. The maximum absolute atomic E-state index is 13.5. The van der Waals surface area contributed by atoms with E-state index in [1.165, 1.54) is 22.5 Å². The molecule has 33 heavy (non-hydrogen) atoms. The molecule has 166 valence electrons. The van der Waals surface area contributed by atoms with Crippen molar-refractivity contribution in [3.8, 4) is 11.4 Å². The molecule has 0 saturated heterocycles. The first-order chi connectivity index (χ1) is 15.9. The van der Waals surface area contributed by atoms with Crippen molar-refractivity contribution in [1.82, 2.24) is 9.36 Å². The smallest absolute Gasteiger partial charge is 0.286 e. The number of nitro groups is 1. The van der Waals surface area contributed by atoms with Gasteiger partial charge >= 0.3 is 0 Å². The zero-order chi connectivity index (χ0) is 23.5. The minimum atomic E-state index is -0.493. The van der Waals surface area contributed by atoms with Crippen LogP contribution in [0.2, 0.25) is 0 Å². The largest absolute Gasteiger partial charge is 0.497 e. The summed E-state index contributed by atoms with van der Waals surface area (Å²) >= 11 is 0.976. The summed E-state index contributed by atoms with van der Waals surface area (Å²) in [5.74, 6) is 0.189. The first kappa shape index (κ1) is 22.1. The quantitative estimate of drug-likeness (QED) is 0.305. The molecule has 0 bridgehead atoms. The molecular formula is C24H19N3O5S. The number of hydrogen-bond acceptors (Lipinski definition) is 6. The van der Waals surface area contributed by atoms with Crippen LogP contribution < -0.4 is 10.3 Å².